The van der Waals surface area contributed by atoms with Gasteiger partial charge in [-0.3, -0.25) is 0 Å². The molecule has 0 aliphatic carbocycles. The van der Waals surface area contributed by atoms with Crippen molar-refractivity contribution in [3.05, 3.63) is 0 Å². The molecule has 0 atom stereocenters. The third-order valence-corrected chi connectivity index (χ3v) is 5.74. The highest BCUT2D eigenvalue weighted by Gasteiger charge is 2.41. The molecule has 0 heterocycles. The number of rotatable bonds is 2. The lowest BCUT2D eigenvalue weighted by Crippen LogP contribution is -2.43. The van der Waals surface area contributed by atoms with E-state index in [9.17, 15) is 8.42 Å². The van der Waals surface area contributed by atoms with E-state index in [2.05, 4.69) is 0 Å². The van der Waals surface area contributed by atoms with Crippen molar-refractivity contribution < 1.29 is 8.42 Å². The molecular weight excluding hydrogens is 172 g/mol. The first-order valence-corrected chi connectivity index (χ1v) is 5.79. The van der Waals surface area contributed by atoms with Gasteiger partial charge in [-0.05, 0) is 41.0 Å². The van der Waals surface area contributed by atoms with E-state index in [1.165, 1.54) is 0 Å². The molecule has 0 N–H and O–H groups in total. The second kappa shape index (κ2) is 3.02. The van der Waals surface area contributed by atoms with Crippen LogP contribution in [0.5, 0.6) is 0 Å². The van der Waals surface area contributed by atoms with Gasteiger partial charge in [-0.2, -0.15) is 0 Å². The summed E-state index contributed by atoms with van der Waals surface area (Å²) >= 11 is 0. The van der Waals surface area contributed by atoms with Gasteiger partial charge in [-0.15, -0.1) is 0 Å². The molecule has 74 valence electrons. The van der Waals surface area contributed by atoms with Crippen LogP contribution in [0, 0.1) is 0 Å². The molecule has 0 saturated heterocycles. The van der Waals surface area contributed by atoms with E-state index in [0.717, 1.165) is 0 Å². The van der Waals surface area contributed by atoms with E-state index in [1.807, 2.05) is 6.92 Å². The van der Waals surface area contributed by atoms with Gasteiger partial charge in [-0.25, -0.2) is 8.42 Å². The Labute approximate surface area is 76.3 Å². The van der Waals surface area contributed by atoms with Gasteiger partial charge in [0.2, 0.25) is 0 Å². The van der Waals surface area contributed by atoms with Gasteiger partial charge in [0.25, 0.3) is 0 Å². The van der Waals surface area contributed by atoms with Crippen LogP contribution in [0.3, 0.4) is 0 Å². The van der Waals surface area contributed by atoms with Crippen molar-refractivity contribution >= 4 is 9.84 Å². The number of hydrogen-bond acceptors (Lipinski definition) is 2. The van der Waals surface area contributed by atoms with Crippen LogP contribution in [0.2, 0.25) is 0 Å². The lowest BCUT2D eigenvalue weighted by Gasteiger charge is -2.31. The minimum Gasteiger partial charge on any atom is -0.228 e. The molecule has 0 bridgehead atoms. The largest absolute Gasteiger partial charge is 0.228 e. The van der Waals surface area contributed by atoms with Gasteiger partial charge in [0.1, 0.15) is 0 Å². The van der Waals surface area contributed by atoms with E-state index >= 15 is 0 Å². The first-order valence-electron chi connectivity index (χ1n) is 4.30. The molecule has 12 heavy (non-hydrogen) atoms. The first kappa shape index (κ1) is 11.9. The summed E-state index contributed by atoms with van der Waals surface area (Å²) in [5.41, 5.74) is 0. The molecule has 0 spiro atoms. The van der Waals surface area contributed by atoms with Gasteiger partial charge < -0.3 is 0 Å². The van der Waals surface area contributed by atoms with Gasteiger partial charge in [0, 0.05) is 0 Å². The maximum absolute atomic E-state index is 11.9. The zero-order valence-electron chi connectivity index (χ0n) is 8.93. The van der Waals surface area contributed by atoms with Crippen LogP contribution in [0.4, 0.5) is 0 Å². The average molecular weight is 192 g/mol. The monoisotopic (exact) mass is 192 g/mol. The Bertz CT molecular complexity index is 242. The molecular formula is C9H20O2S. The van der Waals surface area contributed by atoms with Crippen molar-refractivity contribution in [3.8, 4) is 0 Å². The fourth-order valence-corrected chi connectivity index (χ4v) is 3.06. The van der Waals surface area contributed by atoms with Crippen molar-refractivity contribution in [3.63, 3.8) is 0 Å². The maximum Gasteiger partial charge on any atom is 0.160 e. The summed E-state index contributed by atoms with van der Waals surface area (Å²) < 4.78 is 22.6. The Balaban J connectivity index is 5.16. The molecule has 3 heteroatoms. The summed E-state index contributed by atoms with van der Waals surface area (Å²) in [5.74, 6) is 0. The Morgan fingerprint density at radius 3 is 1.42 bits per heavy atom. The van der Waals surface area contributed by atoms with Crippen LogP contribution >= 0.6 is 0 Å². The first-order chi connectivity index (χ1) is 5.06. The van der Waals surface area contributed by atoms with Gasteiger partial charge in [0.05, 0.1) is 9.49 Å². The molecule has 2 nitrogen and oxygen atoms in total. The summed E-state index contributed by atoms with van der Waals surface area (Å²) in [5, 5.41) is 0. The van der Waals surface area contributed by atoms with Crippen LogP contribution in [0.25, 0.3) is 0 Å². The van der Waals surface area contributed by atoms with Crippen molar-refractivity contribution in [1.29, 1.82) is 0 Å². The van der Waals surface area contributed by atoms with E-state index in [0.29, 0.717) is 6.42 Å². The van der Waals surface area contributed by atoms with E-state index in [-0.39, 0.29) is 0 Å². The van der Waals surface area contributed by atoms with Crippen molar-refractivity contribution in [1.82, 2.24) is 0 Å². The zero-order valence-corrected chi connectivity index (χ0v) is 9.75. The highest BCUT2D eigenvalue weighted by molar-refractivity contribution is 7.94. The van der Waals surface area contributed by atoms with Crippen molar-refractivity contribution in [2.45, 2.75) is 57.5 Å². The number of hydrogen-bond donors (Lipinski definition) is 0. The van der Waals surface area contributed by atoms with Gasteiger partial charge in [0.15, 0.2) is 9.84 Å². The molecule has 0 aromatic heterocycles. The molecule has 0 fully saturated rings. The average Bonchev–Trinajstić information content (AvgIpc) is 1.85. The molecule has 0 rings (SSSR count). The van der Waals surface area contributed by atoms with Crippen LogP contribution in [-0.2, 0) is 9.84 Å². The molecule has 0 aromatic carbocycles. The summed E-state index contributed by atoms with van der Waals surface area (Å²) in [4.78, 5) is 0. The zero-order chi connectivity index (χ0) is 10.2. The molecule has 0 unspecified atom stereocenters. The molecule has 0 saturated carbocycles. The lowest BCUT2D eigenvalue weighted by molar-refractivity contribution is 0.506. The fourth-order valence-electron chi connectivity index (χ4n) is 1.02. The predicted molar refractivity (Wildman–Crippen MR) is 53.0 cm³/mol. The van der Waals surface area contributed by atoms with Gasteiger partial charge >= 0.3 is 0 Å². The van der Waals surface area contributed by atoms with E-state index in [1.54, 1.807) is 34.6 Å². The highest BCUT2D eigenvalue weighted by Crippen LogP contribution is 2.30. The predicted octanol–water partition coefficient (Wildman–Crippen LogP) is 2.39. The van der Waals surface area contributed by atoms with Crippen LogP contribution < -0.4 is 0 Å². The van der Waals surface area contributed by atoms with E-state index < -0.39 is 19.3 Å². The minimum atomic E-state index is -3.03. The van der Waals surface area contributed by atoms with E-state index in [4.69, 9.17) is 0 Å². The van der Waals surface area contributed by atoms with Crippen LogP contribution in [-0.4, -0.2) is 17.9 Å². The number of sulfone groups is 1. The SMILES string of the molecule is CCC(C)(C)S(=O)(=O)C(C)(C)C. The van der Waals surface area contributed by atoms with Crippen molar-refractivity contribution in [2.24, 2.45) is 0 Å². The molecule has 0 aliphatic heterocycles. The second-order valence-electron chi connectivity index (χ2n) is 4.73. The third-order valence-electron chi connectivity index (χ3n) is 2.39. The minimum absolute atomic E-state index is 0.606. The molecule has 0 amide bonds. The standard InChI is InChI=1S/C9H20O2S/c1-7-9(5,6)12(10,11)8(2,3)4/h7H2,1-6H3. The lowest BCUT2D eigenvalue weighted by atomic mass is 10.1. The topological polar surface area (TPSA) is 34.1 Å². The normalized spacial score (nSPS) is 14.8. The maximum atomic E-state index is 11.9. The Morgan fingerprint density at radius 2 is 1.33 bits per heavy atom. The molecule has 0 aliphatic rings. The quantitative estimate of drug-likeness (QED) is 0.673. The molecule has 0 aromatic rings. The second-order valence-corrected chi connectivity index (χ2v) is 8.07. The van der Waals surface area contributed by atoms with Gasteiger partial charge in [-0.1, -0.05) is 6.92 Å². The summed E-state index contributed by atoms with van der Waals surface area (Å²) in [7, 11) is -3.03. The Hall–Kier alpha value is -0.0500. The van der Waals surface area contributed by atoms with Crippen molar-refractivity contribution in [2.75, 3.05) is 0 Å². The summed E-state index contributed by atoms with van der Waals surface area (Å²) in [6.07, 6.45) is 0.659. The summed E-state index contributed by atoms with van der Waals surface area (Å²) in [6.45, 7) is 10.7. The smallest absolute Gasteiger partial charge is 0.160 e. The Kier molecular flexibility index (Phi) is 3.01. The fraction of sp³-hybridized carbons (Fsp3) is 1.00. The van der Waals surface area contributed by atoms with Crippen LogP contribution in [0.15, 0.2) is 0 Å². The summed E-state index contributed by atoms with van der Waals surface area (Å²) in [6, 6.07) is 0. The molecule has 0 radical (unpaired) electrons. The highest BCUT2D eigenvalue weighted by atomic mass is 32.2. The van der Waals surface area contributed by atoms with Crippen LogP contribution in [0.1, 0.15) is 48.0 Å². The third kappa shape index (κ3) is 1.82. The Morgan fingerprint density at radius 1 is 1.00 bits per heavy atom.